The zero-order chi connectivity index (χ0) is 18.4. The van der Waals surface area contributed by atoms with E-state index in [1.54, 1.807) is 0 Å². The number of halogens is 1. The fourth-order valence-corrected chi connectivity index (χ4v) is 3.89. The lowest BCUT2D eigenvalue weighted by atomic mass is 10.0. The van der Waals surface area contributed by atoms with Crippen molar-refractivity contribution in [3.8, 4) is 22.4 Å². The molecular weight excluding hydrogens is 400 g/mol. The number of fused-ring (bicyclic) bond motifs is 3. The standard InChI is InChI=1S/C23H15BrN2O/c1-14-9-11-18-17-6-4-7-19(22(17)27-23(18)26-14)21-12-10-15(13-25-21)16-5-2-3-8-20(16)24/h2-13H,1H3. The van der Waals surface area contributed by atoms with Crippen LogP contribution in [0.25, 0.3) is 44.5 Å². The topological polar surface area (TPSA) is 38.9 Å². The molecule has 3 aromatic heterocycles. The normalized spacial score (nSPS) is 11.3. The summed E-state index contributed by atoms with van der Waals surface area (Å²) in [6, 6.07) is 22.5. The second-order valence-electron chi connectivity index (χ2n) is 6.50. The van der Waals surface area contributed by atoms with Gasteiger partial charge in [-0.15, -0.1) is 0 Å². The molecule has 0 fully saturated rings. The Hall–Kier alpha value is -2.98. The molecule has 0 N–H and O–H groups in total. The predicted octanol–water partition coefficient (Wildman–Crippen LogP) is 6.78. The first-order valence-electron chi connectivity index (χ1n) is 8.71. The number of furan rings is 1. The van der Waals surface area contributed by atoms with E-state index >= 15 is 0 Å². The van der Waals surface area contributed by atoms with Gasteiger partial charge in [-0.25, -0.2) is 4.98 Å². The Kier molecular flexibility index (Phi) is 3.80. The van der Waals surface area contributed by atoms with E-state index in [2.05, 4.69) is 45.2 Å². The van der Waals surface area contributed by atoms with Gasteiger partial charge < -0.3 is 4.42 Å². The first-order chi connectivity index (χ1) is 13.2. The summed E-state index contributed by atoms with van der Waals surface area (Å²) in [6.07, 6.45) is 1.90. The summed E-state index contributed by atoms with van der Waals surface area (Å²) in [5.41, 5.74) is 6.49. The minimum atomic E-state index is 0.669. The fourth-order valence-electron chi connectivity index (χ4n) is 3.38. The molecule has 5 aromatic rings. The van der Waals surface area contributed by atoms with Crippen molar-refractivity contribution in [2.75, 3.05) is 0 Å². The van der Waals surface area contributed by atoms with Gasteiger partial charge in [-0.05, 0) is 42.8 Å². The van der Waals surface area contributed by atoms with Gasteiger partial charge in [0, 0.05) is 38.3 Å². The van der Waals surface area contributed by atoms with Gasteiger partial charge in [-0.3, -0.25) is 4.98 Å². The molecule has 3 heterocycles. The van der Waals surface area contributed by atoms with Crippen molar-refractivity contribution in [3.63, 3.8) is 0 Å². The molecule has 4 heteroatoms. The minimum Gasteiger partial charge on any atom is -0.437 e. The molecule has 0 radical (unpaired) electrons. The van der Waals surface area contributed by atoms with Crippen molar-refractivity contribution >= 4 is 38.0 Å². The van der Waals surface area contributed by atoms with E-state index in [1.165, 1.54) is 0 Å². The van der Waals surface area contributed by atoms with Crippen LogP contribution in [0.1, 0.15) is 5.69 Å². The molecule has 0 spiro atoms. The van der Waals surface area contributed by atoms with Gasteiger partial charge >= 0.3 is 0 Å². The van der Waals surface area contributed by atoms with Gasteiger partial charge in [0.15, 0.2) is 0 Å². The van der Waals surface area contributed by atoms with Crippen LogP contribution in [0.4, 0.5) is 0 Å². The van der Waals surface area contributed by atoms with Crippen LogP contribution in [-0.4, -0.2) is 9.97 Å². The predicted molar refractivity (Wildman–Crippen MR) is 113 cm³/mol. The van der Waals surface area contributed by atoms with Crippen molar-refractivity contribution in [3.05, 3.63) is 83.1 Å². The highest BCUT2D eigenvalue weighted by Gasteiger charge is 2.14. The number of pyridine rings is 2. The van der Waals surface area contributed by atoms with Crippen LogP contribution >= 0.6 is 15.9 Å². The number of para-hydroxylation sites is 1. The maximum Gasteiger partial charge on any atom is 0.227 e. The SMILES string of the molecule is Cc1ccc2c(n1)oc1c(-c3ccc(-c4ccccc4Br)cn3)cccc12. The van der Waals surface area contributed by atoms with Crippen molar-refractivity contribution in [1.29, 1.82) is 0 Å². The molecule has 27 heavy (non-hydrogen) atoms. The summed E-state index contributed by atoms with van der Waals surface area (Å²) in [7, 11) is 0. The molecule has 0 bridgehead atoms. The Balaban J connectivity index is 1.65. The largest absolute Gasteiger partial charge is 0.437 e. The summed E-state index contributed by atoms with van der Waals surface area (Å²) in [6.45, 7) is 1.97. The molecule has 0 amide bonds. The van der Waals surface area contributed by atoms with E-state index in [-0.39, 0.29) is 0 Å². The summed E-state index contributed by atoms with van der Waals surface area (Å²) >= 11 is 3.60. The highest BCUT2D eigenvalue weighted by Crippen LogP contribution is 2.35. The fraction of sp³-hybridized carbons (Fsp3) is 0.0435. The number of aromatic nitrogens is 2. The number of benzene rings is 2. The lowest BCUT2D eigenvalue weighted by molar-refractivity contribution is 0.653. The summed E-state index contributed by atoms with van der Waals surface area (Å²) < 4.78 is 7.15. The summed E-state index contributed by atoms with van der Waals surface area (Å²) in [5, 5.41) is 2.09. The molecule has 3 nitrogen and oxygen atoms in total. The maximum atomic E-state index is 6.09. The van der Waals surface area contributed by atoms with Gasteiger partial charge in [-0.1, -0.05) is 52.3 Å². The van der Waals surface area contributed by atoms with Gasteiger partial charge in [0.2, 0.25) is 5.71 Å². The Morgan fingerprint density at radius 1 is 0.815 bits per heavy atom. The number of rotatable bonds is 2. The Morgan fingerprint density at radius 3 is 2.48 bits per heavy atom. The van der Waals surface area contributed by atoms with Gasteiger partial charge in [0.25, 0.3) is 0 Å². The summed E-state index contributed by atoms with van der Waals surface area (Å²) in [4.78, 5) is 9.22. The molecule has 0 aliphatic rings. The lowest BCUT2D eigenvalue weighted by Gasteiger charge is -2.06. The van der Waals surface area contributed by atoms with Crippen molar-refractivity contribution in [1.82, 2.24) is 9.97 Å². The second kappa shape index (κ2) is 6.32. The monoisotopic (exact) mass is 414 g/mol. The number of aryl methyl sites for hydroxylation is 1. The third kappa shape index (κ3) is 2.73. The van der Waals surface area contributed by atoms with Crippen molar-refractivity contribution in [2.45, 2.75) is 6.92 Å². The highest BCUT2D eigenvalue weighted by molar-refractivity contribution is 9.10. The molecule has 0 unspecified atom stereocenters. The highest BCUT2D eigenvalue weighted by atomic mass is 79.9. The Morgan fingerprint density at radius 2 is 1.67 bits per heavy atom. The van der Waals surface area contributed by atoms with Gasteiger partial charge in [0.1, 0.15) is 5.58 Å². The van der Waals surface area contributed by atoms with Crippen LogP contribution in [-0.2, 0) is 0 Å². The second-order valence-corrected chi connectivity index (χ2v) is 7.36. The molecular formula is C23H15BrN2O. The van der Waals surface area contributed by atoms with Crippen molar-refractivity contribution in [2.24, 2.45) is 0 Å². The van der Waals surface area contributed by atoms with E-state index in [9.17, 15) is 0 Å². The molecule has 2 aromatic carbocycles. The molecule has 0 aliphatic carbocycles. The van der Waals surface area contributed by atoms with Crippen LogP contribution in [0, 0.1) is 6.92 Å². The number of hydrogen-bond acceptors (Lipinski definition) is 3. The molecule has 0 saturated carbocycles. The molecule has 130 valence electrons. The van der Waals surface area contributed by atoms with E-state index in [1.807, 2.05) is 55.6 Å². The molecule has 0 aliphatic heterocycles. The Labute approximate surface area is 164 Å². The van der Waals surface area contributed by atoms with E-state index in [0.29, 0.717) is 5.71 Å². The van der Waals surface area contributed by atoms with Crippen LogP contribution in [0.5, 0.6) is 0 Å². The van der Waals surface area contributed by atoms with E-state index < -0.39 is 0 Å². The first-order valence-corrected chi connectivity index (χ1v) is 9.50. The van der Waals surface area contributed by atoms with Crippen LogP contribution in [0.2, 0.25) is 0 Å². The zero-order valence-electron chi connectivity index (χ0n) is 14.6. The first kappa shape index (κ1) is 16.2. The number of hydrogen-bond donors (Lipinski definition) is 0. The van der Waals surface area contributed by atoms with Crippen LogP contribution < -0.4 is 0 Å². The summed E-state index contributed by atoms with van der Waals surface area (Å²) in [5.74, 6) is 0. The average Bonchev–Trinajstić information content (AvgIpc) is 3.06. The number of nitrogens with zero attached hydrogens (tertiary/aromatic N) is 2. The van der Waals surface area contributed by atoms with E-state index in [4.69, 9.17) is 9.40 Å². The van der Waals surface area contributed by atoms with Crippen LogP contribution in [0.15, 0.2) is 81.8 Å². The third-order valence-electron chi connectivity index (χ3n) is 4.73. The minimum absolute atomic E-state index is 0.669. The quantitative estimate of drug-likeness (QED) is 0.319. The molecule has 5 rings (SSSR count). The van der Waals surface area contributed by atoms with Gasteiger partial charge in [-0.2, -0.15) is 0 Å². The van der Waals surface area contributed by atoms with E-state index in [0.717, 1.165) is 48.9 Å². The zero-order valence-corrected chi connectivity index (χ0v) is 16.2. The Bertz CT molecular complexity index is 1290. The van der Waals surface area contributed by atoms with Crippen LogP contribution in [0.3, 0.4) is 0 Å². The van der Waals surface area contributed by atoms with Crippen molar-refractivity contribution < 1.29 is 4.42 Å². The van der Waals surface area contributed by atoms with Gasteiger partial charge in [0.05, 0.1) is 5.69 Å². The maximum absolute atomic E-state index is 6.09. The smallest absolute Gasteiger partial charge is 0.227 e. The average molecular weight is 415 g/mol. The molecule has 0 saturated heterocycles. The lowest BCUT2D eigenvalue weighted by Crippen LogP contribution is -1.86. The molecule has 0 atom stereocenters. The third-order valence-corrected chi connectivity index (χ3v) is 5.42.